The summed E-state index contributed by atoms with van der Waals surface area (Å²) in [5, 5.41) is 28.1. The quantitative estimate of drug-likeness (QED) is 0.376. The van der Waals surface area contributed by atoms with Gasteiger partial charge in [0.15, 0.2) is 11.6 Å². The van der Waals surface area contributed by atoms with Crippen molar-refractivity contribution < 1.29 is 14.2 Å². The van der Waals surface area contributed by atoms with Gasteiger partial charge in [-0.2, -0.15) is 5.10 Å². The van der Waals surface area contributed by atoms with Gasteiger partial charge >= 0.3 is 0 Å². The van der Waals surface area contributed by atoms with Gasteiger partial charge in [0.2, 0.25) is 0 Å². The van der Waals surface area contributed by atoms with E-state index in [1.807, 2.05) is 13.0 Å². The van der Waals surface area contributed by atoms with Crippen LogP contribution in [0.1, 0.15) is 71.4 Å². The number of phenolic OH excluding ortho intramolecular Hbond substituents is 1. The molecule has 5 rings (SSSR count). The summed E-state index contributed by atoms with van der Waals surface area (Å²) in [5.41, 5.74) is 2.08. The predicted octanol–water partition coefficient (Wildman–Crippen LogP) is 6.32. The first-order chi connectivity index (χ1) is 18.7. The van der Waals surface area contributed by atoms with E-state index in [1.54, 1.807) is 31.5 Å². The fourth-order valence-corrected chi connectivity index (χ4v) is 5.89. The molecule has 1 N–H and O–H groups in total. The van der Waals surface area contributed by atoms with Gasteiger partial charge in [-0.15, -0.1) is 15.3 Å². The van der Waals surface area contributed by atoms with E-state index in [0.717, 1.165) is 44.9 Å². The van der Waals surface area contributed by atoms with Gasteiger partial charge in [0.05, 0.1) is 30.6 Å². The molecule has 3 aromatic rings. The number of aryl methyl sites for hydroxylation is 1. The van der Waals surface area contributed by atoms with E-state index >= 15 is 4.39 Å². The molecule has 39 heavy (non-hydrogen) atoms. The summed E-state index contributed by atoms with van der Waals surface area (Å²) in [6.07, 6.45) is 7.50. The fraction of sp³-hybridized carbons (Fsp3) is 0.567. The largest absolute Gasteiger partial charge is 0.507 e. The lowest BCUT2D eigenvalue weighted by molar-refractivity contribution is 0.0577. The lowest BCUT2D eigenvalue weighted by Crippen LogP contribution is -2.51. The Morgan fingerprint density at radius 3 is 2.56 bits per heavy atom. The van der Waals surface area contributed by atoms with Gasteiger partial charge in [-0.25, -0.2) is 9.37 Å². The number of halogens is 1. The minimum atomic E-state index is -0.951. The first-order valence-electron chi connectivity index (χ1n) is 14.1. The van der Waals surface area contributed by atoms with Gasteiger partial charge in [-0.3, -0.25) is 0 Å². The molecule has 0 bridgehead atoms. The molecule has 0 radical (unpaired) electrons. The van der Waals surface area contributed by atoms with Crippen LogP contribution in [0.2, 0.25) is 0 Å². The van der Waals surface area contributed by atoms with Crippen molar-refractivity contribution in [3.05, 3.63) is 36.2 Å². The third-order valence-corrected chi connectivity index (χ3v) is 8.70. The molecule has 208 valence electrons. The number of phenols is 1. The van der Waals surface area contributed by atoms with E-state index in [-0.39, 0.29) is 23.2 Å². The van der Waals surface area contributed by atoms with E-state index < -0.39 is 6.17 Å². The van der Waals surface area contributed by atoms with Crippen molar-refractivity contribution in [2.45, 2.75) is 90.9 Å². The highest BCUT2D eigenvalue weighted by Gasteiger charge is 2.46. The topological polar surface area (TPSA) is 97.2 Å². The summed E-state index contributed by atoms with van der Waals surface area (Å²) >= 11 is 0. The highest BCUT2D eigenvalue weighted by molar-refractivity contribution is 5.71. The highest BCUT2D eigenvalue weighted by Crippen LogP contribution is 2.45. The summed E-state index contributed by atoms with van der Waals surface area (Å²) in [4.78, 5) is 6.74. The van der Waals surface area contributed by atoms with Crippen LogP contribution in [-0.2, 0) is 0 Å². The van der Waals surface area contributed by atoms with Gasteiger partial charge in [0, 0.05) is 23.1 Å². The zero-order valence-electron chi connectivity index (χ0n) is 23.6. The molecule has 0 amide bonds. The van der Waals surface area contributed by atoms with Crippen molar-refractivity contribution in [1.82, 2.24) is 25.4 Å². The summed E-state index contributed by atoms with van der Waals surface area (Å²) in [6.45, 7) is 8.26. The molecular formula is C30H39FN6O2. The van der Waals surface area contributed by atoms with Crippen molar-refractivity contribution in [2.24, 2.45) is 11.3 Å². The van der Waals surface area contributed by atoms with Gasteiger partial charge in [-0.1, -0.05) is 39.7 Å². The van der Waals surface area contributed by atoms with Crippen LogP contribution >= 0.6 is 0 Å². The second-order valence-corrected chi connectivity index (χ2v) is 11.6. The molecular weight excluding hydrogens is 495 g/mol. The molecule has 0 saturated heterocycles. The summed E-state index contributed by atoms with van der Waals surface area (Å²) in [7, 11) is 1.58. The Bertz CT molecular complexity index is 1300. The number of ether oxygens (including phenoxy) is 1. The van der Waals surface area contributed by atoms with E-state index in [1.165, 1.54) is 0 Å². The second kappa shape index (κ2) is 11.0. The Hall–Kier alpha value is -3.36. The van der Waals surface area contributed by atoms with Crippen molar-refractivity contribution >= 4 is 5.82 Å². The summed E-state index contributed by atoms with van der Waals surface area (Å²) in [6, 6.07) is 6.99. The van der Waals surface area contributed by atoms with Crippen LogP contribution in [0.5, 0.6) is 11.5 Å². The molecule has 9 heteroatoms. The number of anilines is 1. The van der Waals surface area contributed by atoms with Gasteiger partial charge in [0.25, 0.3) is 0 Å². The lowest BCUT2D eigenvalue weighted by atomic mass is 9.71. The van der Waals surface area contributed by atoms with Crippen molar-refractivity contribution in [2.75, 3.05) is 12.0 Å². The number of hydrogen-bond donors (Lipinski definition) is 1. The molecule has 2 aromatic heterocycles. The third-order valence-electron chi connectivity index (χ3n) is 8.70. The SMILES string of the molecule is CC[C@]1(C)CCCC(C)C[C@H](N(c2cnc(-c3ccc(-c4cc(OC)c(C)nn4)cc3O)nn2)C2CC2)[C@@H]1F. The average molecular weight is 535 g/mol. The molecule has 2 aliphatic carbocycles. The molecule has 2 fully saturated rings. The Labute approximate surface area is 230 Å². The maximum atomic E-state index is 16.3. The number of methoxy groups -OCH3 is 1. The van der Waals surface area contributed by atoms with E-state index in [2.05, 4.69) is 51.0 Å². The van der Waals surface area contributed by atoms with Crippen molar-refractivity contribution in [3.63, 3.8) is 0 Å². The maximum Gasteiger partial charge on any atom is 0.185 e. The molecule has 4 atom stereocenters. The first kappa shape index (κ1) is 27.2. The molecule has 1 aromatic carbocycles. The van der Waals surface area contributed by atoms with Gasteiger partial charge < -0.3 is 14.7 Å². The third kappa shape index (κ3) is 5.54. The summed E-state index contributed by atoms with van der Waals surface area (Å²) in [5.74, 6) is 2.01. The minimum absolute atomic E-state index is 0.0128. The Kier molecular flexibility index (Phi) is 7.69. The summed E-state index contributed by atoms with van der Waals surface area (Å²) < 4.78 is 21.7. The average Bonchev–Trinajstić information content (AvgIpc) is 3.77. The number of aromatic nitrogens is 5. The first-order valence-corrected chi connectivity index (χ1v) is 14.1. The zero-order chi connectivity index (χ0) is 27.7. The number of nitrogens with zero attached hydrogens (tertiary/aromatic N) is 6. The Morgan fingerprint density at radius 2 is 1.92 bits per heavy atom. The molecule has 2 saturated carbocycles. The molecule has 2 aliphatic rings. The van der Waals surface area contributed by atoms with Crippen LogP contribution < -0.4 is 9.64 Å². The number of hydrogen-bond acceptors (Lipinski definition) is 8. The van der Waals surface area contributed by atoms with E-state index in [4.69, 9.17) is 4.74 Å². The second-order valence-electron chi connectivity index (χ2n) is 11.6. The number of benzene rings is 1. The van der Waals surface area contributed by atoms with Crippen molar-refractivity contribution in [3.8, 4) is 34.1 Å². The standard InChI is InChI=1S/C30H39FN6O2/c1-6-30(4)13-7-8-18(2)14-24(28(30)31)37(21-10-11-21)27-17-32-29(36-35-27)22-12-9-20(15-25(22)38)23-16-26(39-5)19(3)33-34-23/h9,12,15-18,21,24,28,38H,6-8,10-11,13-14H2,1-5H3/t18?,24-,28-,30+/m0/s1. The van der Waals surface area contributed by atoms with E-state index in [0.29, 0.717) is 45.8 Å². The fourth-order valence-electron chi connectivity index (χ4n) is 5.89. The Morgan fingerprint density at radius 1 is 1.13 bits per heavy atom. The number of aromatic hydroxyl groups is 1. The number of rotatable bonds is 7. The molecule has 8 nitrogen and oxygen atoms in total. The predicted molar refractivity (Wildman–Crippen MR) is 149 cm³/mol. The minimum Gasteiger partial charge on any atom is -0.507 e. The zero-order valence-corrected chi connectivity index (χ0v) is 23.6. The van der Waals surface area contributed by atoms with E-state index in [9.17, 15) is 5.11 Å². The lowest BCUT2D eigenvalue weighted by Gasteiger charge is -2.45. The van der Waals surface area contributed by atoms with Gasteiger partial charge in [0.1, 0.15) is 23.4 Å². The highest BCUT2D eigenvalue weighted by atomic mass is 19.1. The molecule has 1 unspecified atom stereocenters. The van der Waals surface area contributed by atoms with Crippen LogP contribution in [-0.4, -0.2) is 55.9 Å². The molecule has 0 spiro atoms. The number of alkyl halides is 1. The van der Waals surface area contributed by atoms with Crippen LogP contribution in [0.3, 0.4) is 0 Å². The maximum absolute atomic E-state index is 16.3. The van der Waals surface area contributed by atoms with Crippen LogP contribution in [0.15, 0.2) is 30.5 Å². The van der Waals surface area contributed by atoms with Gasteiger partial charge in [-0.05, 0) is 57.1 Å². The molecule has 0 aliphatic heterocycles. The van der Waals surface area contributed by atoms with Crippen LogP contribution in [0, 0.1) is 18.3 Å². The monoisotopic (exact) mass is 534 g/mol. The normalized spacial score (nSPS) is 25.5. The van der Waals surface area contributed by atoms with Crippen molar-refractivity contribution in [1.29, 1.82) is 0 Å². The van der Waals surface area contributed by atoms with Crippen LogP contribution in [0.4, 0.5) is 10.2 Å². The Balaban J connectivity index is 1.42. The van der Waals surface area contributed by atoms with Crippen LogP contribution in [0.25, 0.3) is 22.6 Å². The smallest absolute Gasteiger partial charge is 0.185 e. The molecule has 2 heterocycles.